The SMILES string of the molecule is COc1cc(=O)n(-c2ccccc2)nc1C(=O)Nc1ccc([N+](=O)[O-])cc1. The van der Waals surface area contributed by atoms with E-state index in [-0.39, 0.29) is 17.1 Å². The lowest BCUT2D eigenvalue weighted by atomic mass is 10.2. The van der Waals surface area contributed by atoms with Gasteiger partial charge in [0.1, 0.15) is 0 Å². The van der Waals surface area contributed by atoms with Gasteiger partial charge in [-0.05, 0) is 24.3 Å². The molecule has 136 valence electrons. The normalized spacial score (nSPS) is 10.3. The van der Waals surface area contributed by atoms with E-state index >= 15 is 0 Å². The van der Waals surface area contributed by atoms with E-state index in [0.717, 1.165) is 4.68 Å². The molecule has 0 fully saturated rings. The van der Waals surface area contributed by atoms with Crippen molar-refractivity contribution in [3.63, 3.8) is 0 Å². The van der Waals surface area contributed by atoms with Crippen molar-refractivity contribution in [1.82, 2.24) is 9.78 Å². The number of rotatable bonds is 5. The number of nitrogens with zero attached hydrogens (tertiary/aromatic N) is 3. The number of anilines is 1. The number of para-hydroxylation sites is 1. The number of hydrogen-bond acceptors (Lipinski definition) is 6. The van der Waals surface area contributed by atoms with Gasteiger partial charge in [-0.25, -0.2) is 0 Å². The topological polar surface area (TPSA) is 116 Å². The average Bonchev–Trinajstić information content (AvgIpc) is 2.68. The fourth-order valence-corrected chi connectivity index (χ4v) is 2.36. The number of non-ortho nitro benzene ring substituents is 1. The van der Waals surface area contributed by atoms with Gasteiger partial charge in [0.15, 0.2) is 11.4 Å². The minimum Gasteiger partial charge on any atom is -0.494 e. The Labute approximate surface area is 153 Å². The number of ether oxygens (including phenoxy) is 1. The maximum Gasteiger partial charge on any atom is 0.280 e. The first kappa shape index (κ1) is 17.8. The molecule has 0 aliphatic heterocycles. The van der Waals surface area contributed by atoms with Crippen LogP contribution >= 0.6 is 0 Å². The van der Waals surface area contributed by atoms with Crippen molar-refractivity contribution < 1.29 is 14.5 Å². The molecular weight excluding hydrogens is 352 g/mol. The standard InChI is InChI=1S/C18H14N4O5/c1-27-15-11-16(23)21(13-5-3-2-4-6-13)20-17(15)18(24)19-12-7-9-14(10-8-12)22(25)26/h2-11H,1H3,(H,19,24). The molecular formula is C18H14N4O5. The summed E-state index contributed by atoms with van der Waals surface area (Å²) < 4.78 is 6.19. The summed E-state index contributed by atoms with van der Waals surface area (Å²) in [6, 6.07) is 15.1. The summed E-state index contributed by atoms with van der Waals surface area (Å²) in [5.41, 5.74) is 0.187. The lowest BCUT2D eigenvalue weighted by molar-refractivity contribution is -0.384. The molecule has 0 aliphatic rings. The minimum atomic E-state index is -0.620. The van der Waals surface area contributed by atoms with Gasteiger partial charge in [-0.1, -0.05) is 18.2 Å². The first-order valence-electron chi connectivity index (χ1n) is 7.79. The summed E-state index contributed by atoms with van der Waals surface area (Å²) in [7, 11) is 1.33. The molecule has 1 N–H and O–H groups in total. The van der Waals surface area contributed by atoms with Crippen LogP contribution in [-0.2, 0) is 0 Å². The van der Waals surface area contributed by atoms with Crippen molar-refractivity contribution in [3.05, 3.63) is 86.8 Å². The molecule has 9 nitrogen and oxygen atoms in total. The van der Waals surface area contributed by atoms with E-state index in [1.165, 1.54) is 37.4 Å². The molecule has 0 radical (unpaired) electrons. The van der Waals surface area contributed by atoms with Crippen LogP contribution in [0.3, 0.4) is 0 Å². The summed E-state index contributed by atoms with van der Waals surface area (Å²) in [5.74, 6) is -0.600. The molecule has 1 heterocycles. The molecule has 2 aromatic carbocycles. The monoisotopic (exact) mass is 366 g/mol. The van der Waals surface area contributed by atoms with Crippen LogP contribution in [0, 0.1) is 10.1 Å². The second-order valence-corrected chi connectivity index (χ2v) is 5.41. The molecule has 0 saturated heterocycles. The predicted molar refractivity (Wildman–Crippen MR) is 97.4 cm³/mol. The van der Waals surface area contributed by atoms with Gasteiger partial charge in [0.25, 0.3) is 17.2 Å². The Morgan fingerprint density at radius 1 is 1.15 bits per heavy atom. The number of benzene rings is 2. The van der Waals surface area contributed by atoms with Crippen molar-refractivity contribution in [1.29, 1.82) is 0 Å². The third kappa shape index (κ3) is 3.82. The average molecular weight is 366 g/mol. The quantitative estimate of drug-likeness (QED) is 0.547. The van der Waals surface area contributed by atoms with Gasteiger partial charge < -0.3 is 10.1 Å². The Morgan fingerprint density at radius 2 is 1.81 bits per heavy atom. The molecule has 0 aliphatic carbocycles. The van der Waals surface area contributed by atoms with Crippen molar-refractivity contribution >= 4 is 17.3 Å². The van der Waals surface area contributed by atoms with E-state index in [1.54, 1.807) is 30.3 Å². The number of carbonyl (C=O) groups excluding carboxylic acids is 1. The van der Waals surface area contributed by atoms with Gasteiger partial charge >= 0.3 is 0 Å². The molecule has 0 unspecified atom stereocenters. The number of amides is 1. The Kier molecular flexibility index (Phi) is 4.93. The number of methoxy groups -OCH3 is 1. The molecule has 0 saturated carbocycles. The first-order valence-corrected chi connectivity index (χ1v) is 7.79. The first-order chi connectivity index (χ1) is 13.0. The van der Waals surface area contributed by atoms with Gasteiger partial charge in [-0.3, -0.25) is 19.7 Å². The van der Waals surface area contributed by atoms with Crippen LogP contribution in [0.5, 0.6) is 5.75 Å². The van der Waals surface area contributed by atoms with Crippen molar-refractivity contribution in [2.45, 2.75) is 0 Å². The van der Waals surface area contributed by atoms with E-state index in [9.17, 15) is 19.7 Å². The van der Waals surface area contributed by atoms with E-state index in [0.29, 0.717) is 11.4 Å². The van der Waals surface area contributed by atoms with Gasteiger partial charge in [-0.2, -0.15) is 9.78 Å². The molecule has 0 bridgehead atoms. The Balaban J connectivity index is 1.95. The fourth-order valence-electron chi connectivity index (χ4n) is 2.36. The lowest BCUT2D eigenvalue weighted by Crippen LogP contribution is -2.26. The molecule has 27 heavy (non-hydrogen) atoms. The maximum absolute atomic E-state index is 12.6. The number of nitro benzene ring substituents is 1. The van der Waals surface area contributed by atoms with Crippen LogP contribution < -0.4 is 15.6 Å². The number of carbonyl (C=O) groups is 1. The summed E-state index contributed by atoms with van der Waals surface area (Å²) in [4.78, 5) is 35.0. The molecule has 1 aromatic heterocycles. The van der Waals surface area contributed by atoms with E-state index in [1.807, 2.05) is 0 Å². The largest absolute Gasteiger partial charge is 0.494 e. The van der Waals surface area contributed by atoms with Crippen molar-refractivity contribution in [2.75, 3.05) is 12.4 Å². The van der Waals surface area contributed by atoms with Crippen LogP contribution in [0.2, 0.25) is 0 Å². The second kappa shape index (κ2) is 7.48. The fraction of sp³-hybridized carbons (Fsp3) is 0.0556. The lowest BCUT2D eigenvalue weighted by Gasteiger charge is -2.11. The number of nitro groups is 1. The van der Waals surface area contributed by atoms with E-state index in [2.05, 4.69) is 10.4 Å². The summed E-state index contributed by atoms with van der Waals surface area (Å²) >= 11 is 0. The van der Waals surface area contributed by atoms with Crippen molar-refractivity contribution in [3.8, 4) is 11.4 Å². The Bertz CT molecular complexity index is 1050. The Hall–Kier alpha value is -4.01. The summed E-state index contributed by atoms with van der Waals surface area (Å²) in [5, 5.41) is 17.4. The van der Waals surface area contributed by atoms with Crippen LogP contribution in [0.4, 0.5) is 11.4 Å². The van der Waals surface area contributed by atoms with Crippen LogP contribution in [-0.4, -0.2) is 27.7 Å². The highest BCUT2D eigenvalue weighted by atomic mass is 16.6. The van der Waals surface area contributed by atoms with Crippen LogP contribution in [0.15, 0.2) is 65.5 Å². The summed E-state index contributed by atoms with van der Waals surface area (Å²) in [6.45, 7) is 0. The molecule has 0 atom stereocenters. The molecule has 9 heteroatoms. The minimum absolute atomic E-state index is 0.0200. The molecule has 0 spiro atoms. The smallest absolute Gasteiger partial charge is 0.280 e. The van der Waals surface area contributed by atoms with Gasteiger partial charge in [0.2, 0.25) is 0 Å². The third-order valence-corrected chi connectivity index (χ3v) is 3.67. The third-order valence-electron chi connectivity index (χ3n) is 3.67. The van der Waals surface area contributed by atoms with E-state index < -0.39 is 16.4 Å². The molecule has 3 rings (SSSR count). The predicted octanol–water partition coefficient (Wildman–Crippen LogP) is 2.40. The number of nitrogens with one attached hydrogen (secondary N) is 1. The highest BCUT2D eigenvalue weighted by Gasteiger charge is 2.18. The zero-order chi connectivity index (χ0) is 19.4. The molecule has 3 aromatic rings. The highest BCUT2D eigenvalue weighted by Crippen LogP contribution is 2.19. The number of aromatic nitrogens is 2. The highest BCUT2D eigenvalue weighted by molar-refractivity contribution is 6.04. The van der Waals surface area contributed by atoms with Crippen molar-refractivity contribution in [2.24, 2.45) is 0 Å². The zero-order valence-electron chi connectivity index (χ0n) is 14.2. The summed E-state index contributed by atoms with van der Waals surface area (Å²) in [6.07, 6.45) is 0. The Morgan fingerprint density at radius 3 is 2.41 bits per heavy atom. The second-order valence-electron chi connectivity index (χ2n) is 5.41. The van der Waals surface area contributed by atoms with Gasteiger partial charge in [0.05, 0.1) is 23.8 Å². The van der Waals surface area contributed by atoms with Gasteiger partial charge in [0, 0.05) is 17.8 Å². The van der Waals surface area contributed by atoms with Crippen LogP contribution in [0.25, 0.3) is 5.69 Å². The zero-order valence-corrected chi connectivity index (χ0v) is 14.2. The van der Waals surface area contributed by atoms with Gasteiger partial charge in [-0.15, -0.1) is 0 Å². The maximum atomic E-state index is 12.6. The van der Waals surface area contributed by atoms with E-state index in [4.69, 9.17) is 4.74 Å². The molecule has 1 amide bonds. The number of hydrogen-bond donors (Lipinski definition) is 1. The van der Waals surface area contributed by atoms with Crippen LogP contribution in [0.1, 0.15) is 10.5 Å².